The fraction of sp³-hybridized carbons (Fsp3) is 0.231. The van der Waals surface area contributed by atoms with Crippen molar-refractivity contribution in [2.24, 2.45) is 0 Å². The molecule has 0 N–H and O–H groups in total. The van der Waals surface area contributed by atoms with Crippen LogP contribution in [-0.2, 0) is 11.2 Å². The molecule has 0 saturated heterocycles. The smallest absolute Gasteiger partial charge is 0.350 e. The Kier molecular flexibility index (Phi) is 5.13. The lowest BCUT2D eigenvalue weighted by Gasteiger charge is -2.04. The molecule has 19 heavy (non-hydrogen) atoms. The van der Waals surface area contributed by atoms with Gasteiger partial charge >= 0.3 is 5.97 Å². The van der Waals surface area contributed by atoms with Gasteiger partial charge in [0.2, 0.25) is 0 Å². The average molecular weight is 405 g/mol. The predicted molar refractivity (Wildman–Crippen MR) is 82.7 cm³/mol. The van der Waals surface area contributed by atoms with E-state index in [1.807, 2.05) is 24.3 Å². The molecule has 6 heteroatoms. The second-order valence-electron chi connectivity index (χ2n) is 3.73. The van der Waals surface area contributed by atoms with Crippen LogP contribution in [0.4, 0.5) is 0 Å². The fourth-order valence-electron chi connectivity index (χ4n) is 1.62. The van der Waals surface area contributed by atoms with E-state index in [9.17, 15) is 4.79 Å². The predicted octanol–water partition coefficient (Wildman–Crippen LogP) is 4.44. The van der Waals surface area contributed by atoms with E-state index in [0.29, 0.717) is 21.8 Å². The Morgan fingerprint density at radius 2 is 2.11 bits per heavy atom. The average Bonchev–Trinajstić information content (AvgIpc) is 2.74. The molecular weight excluding hydrogens is 394 g/mol. The summed E-state index contributed by atoms with van der Waals surface area (Å²) in [5, 5.41) is 0. The molecular formula is C13H11Br2NO2S. The zero-order chi connectivity index (χ0) is 13.8. The fourth-order valence-corrected chi connectivity index (χ4v) is 3.45. The molecule has 1 aromatic heterocycles. The van der Waals surface area contributed by atoms with Crippen molar-refractivity contribution in [2.45, 2.75) is 13.3 Å². The maximum absolute atomic E-state index is 11.9. The summed E-state index contributed by atoms with van der Waals surface area (Å²) in [6.07, 6.45) is 0.595. The summed E-state index contributed by atoms with van der Waals surface area (Å²) in [4.78, 5) is 16.8. The Hall–Kier alpha value is -0.720. The minimum Gasteiger partial charge on any atom is -0.462 e. The summed E-state index contributed by atoms with van der Waals surface area (Å²) in [6, 6.07) is 7.90. The van der Waals surface area contributed by atoms with E-state index in [4.69, 9.17) is 4.74 Å². The molecule has 1 heterocycles. The van der Waals surface area contributed by atoms with Crippen LogP contribution in [0.5, 0.6) is 0 Å². The Morgan fingerprint density at radius 3 is 2.79 bits per heavy atom. The van der Waals surface area contributed by atoms with Crippen LogP contribution < -0.4 is 0 Å². The van der Waals surface area contributed by atoms with Crippen molar-refractivity contribution in [1.29, 1.82) is 0 Å². The van der Waals surface area contributed by atoms with Crippen LogP contribution in [0.2, 0.25) is 0 Å². The molecule has 1 aromatic carbocycles. The number of aromatic nitrogens is 1. The van der Waals surface area contributed by atoms with Gasteiger partial charge in [0.1, 0.15) is 4.88 Å². The lowest BCUT2D eigenvalue weighted by Crippen LogP contribution is -2.06. The first-order valence-corrected chi connectivity index (χ1v) is 8.07. The van der Waals surface area contributed by atoms with Crippen molar-refractivity contribution in [2.75, 3.05) is 6.61 Å². The van der Waals surface area contributed by atoms with E-state index in [1.54, 1.807) is 6.92 Å². The Labute approximate surface area is 132 Å². The van der Waals surface area contributed by atoms with E-state index in [-0.39, 0.29) is 5.97 Å². The second kappa shape index (κ2) is 6.63. The molecule has 0 aliphatic carbocycles. The van der Waals surface area contributed by atoms with Crippen LogP contribution in [0.1, 0.15) is 27.9 Å². The van der Waals surface area contributed by atoms with Gasteiger partial charge in [-0.15, -0.1) is 0 Å². The summed E-state index contributed by atoms with van der Waals surface area (Å²) < 4.78 is 6.75. The van der Waals surface area contributed by atoms with Crippen molar-refractivity contribution < 1.29 is 9.53 Å². The number of nitrogens with zero attached hydrogens (tertiary/aromatic N) is 1. The minimum atomic E-state index is -0.312. The highest BCUT2D eigenvalue weighted by atomic mass is 79.9. The summed E-state index contributed by atoms with van der Waals surface area (Å²) >= 11 is 8.13. The number of esters is 1. The third-order valence-electron chi connectivity index (χ3n) is 2.45. The number of thiazole rings is 1. The number of rotatable bonds is 4. The molecule has 0 aliphatic heterocycles. The molecule has 0 spiro atoms. The molecule has 2 aromatic rings. The first-order valence-electron chi connectivity index (χ1n) is 5.67. The number of carbonyl (C=O) groups excluding carboxylic acids is 1. The van der Waals surface area contributed by atoms with Gasteiger partial charge in [-0.3, -0.25) is 0 Å². The number of benzene rings is 1. The van der Waals surface area contributed by atoms with Crippen LogP contribution >= 0.6 is 43.2 Å². The largest absolute Gasteiger partial charge is 0.462 e. The summed E-state index contributed by atoms with van der Waals surface area (Å²) in [7, 11) is 0. The lowest BCUT2D eigenvalue weighted by molar-refractivity contribution is 0.0530. The number of ether oxygens (including phenoxy) is 1. The second-order valence-corrected chi connectivity index (χ2v) is 6.86. The minimum absolute atomic E-state index is 0.312. The summed E-state index contributed by atoms with van der Waals surface area (Å²) in [5.74, 6) is -0.312. The zero-order valence-corrected chi connectivity index (χ0v) is 14.1. The molecule has 2 rings (SSSR count). The van der Waals surface area contributed by atoms with E-state index >= 15 is 0 Å². The first-order chi connectivity index (χ1) is 9.11. The SMILES string of the molecule is CCOC(=O)c1sc(Br)nc1Cc1ccccc1Br. The van der Waals surface area contributed by atoms with Crippen LogP contribution in [0.25, 0.3) is 0 Å². The maximum atomic E-state index is 11.9. The van der Waals surface area contributed by atoms with E-state index in [2.05, 4.69) is 36.8 Å². The zero-order valence-electron chi connectivity index (χ0n) is 10.2. The van der Waals surface area contributed by atoms with Crippen molar-refractivity contribution in [3.8, 4) is 0 Å². The van der Waals surface area contributed by atoms with Gasteiger partial charge in [0.05, 0.1) is 12.3 Å². The van der Waals surface area contributed by atoms with E-state index in [0.717, 1.165) is 15.7 Å². The Balaban J connectivity index is 2.30. The van der Waals surface area contributed by atoms with Gasteiger partial charge in [0.25, 0.3) is 0 Å². The molecule has 0 amide bonds. The molecule has 0 radical (unpaired) electrons. The van der Waals surface area contributed by atoms with Gasteiger partial charge in [-0.05, 0) is 34.5 Å². The Bertz CT molecular complexity index is 598. The first kappa shape index (κ1) is 14.7. The van der Waals surface area contributed by atoms with Crippen molar-refractivity contribution >= 4 is 49.2 Å². The highest BCUT2D eigenvalue weighted by Gasteiger charge is 2.19. The molecule has 0 fully saturated rings. The topological polar surface area (TPSA) is 39.2 Å². The Morgan fingerprint density at radius 1 is 1.37 bits per heavy atom. The summed E-state index contributed by atoms with van der Waals surface area (Å²) in [5.41, 5.74) is 1.83. The van der Waals surface area contributed by atoms with E-state index < -0.39 is 0 Å². The van der Waals surface area contributed by atoms with Gasteiger partial charge in [0.15, 0.2) is 3.92 Å². The standard InChI is InChI=1S/C13H11Br2NO2S/c1-2-18-12(17)11-10(16-13(15)19-11)7-8-5-3-4-6-9(8)14/h3-6H,2,7H2,1H3. The van der Waals surface area contributed by atoms with Crippen molar-refractivity contribution in [1.82, 2.24) is 4.98 Å². The number of hydrogen-bond donors (Lipinski definition) is 0. The highest BCUT2D eigenvalue weighted by molar-refractivity contribution is 9.11. The lowest BCUT2D eigenvalue weighted by atomic mass is 10.1. The van der Waals surface area contributed by atoms with Crippen molar-refractivity contribution in [3.63, 3.8) is 0 Å². The number of hydrogen-bond acceptors (Lipinski definition) is 4. The van der Waals surface area contributed by atoms with E-state index in [1.165, 1.54) is 11.3 Å². The normalized spacial score (nSPS) is 10.5. The third kappa shape index (κ3) is 3.64. The van der Waals surface area contributed by atoms with Crippen LogP contribution in [-0.4, -0.2) is 17.6 Å². The van der Waals surface area contributed by atoms with Gasteiger partial charge in [-0.25, -0.2) is 9.78 Å². The van der Waals surface area contributed by atoms with Gasteiger partial charge < -0.3 is 4.74 Å². The van der Waals surface area contributed by atoms with Crippen molar-refractivity contribution in [3.05, 3.63) is 48.8 Å². The highest BCUT2D eigenvalue weighted by Crippen LogP contribution is 2.28. The quantitative estimate of drug-likeness (QED) is 0.707. The molecule has 100 valence electrons. The number of halogens is 2. The van der Waals surface area contributed by atoms with Crippen LogP contribution in [0.15, 0.2) is 32.7 Å². The van der Waals surface area contributed by atoms with Gasteiger partial charge in [0, 0.05) is 10.9 Å². The maximum Gasteiger partial charge on any atom is 0.350 e. The van der Waals surface area contributed by atoms with Crippen LogP contribution in [0, 0.1) is 0 Å². The van der Waals surface area contributed by atoms with Crippen LogP contribution in [0.3, 0.4) is 0 Å². The summed E-state index contributed by atoms with van der Waals surface area (Å²) in [6.45, 7) is 2.16. The molecule has 3 nitrogen and oxygen atoms in total. The monoisotopic (exact) mass is 403 g/mol. The third-order valence-corrected chi connectivity index (χ3v) is 4.75. The molecule has 0 aliphatic rings. The molecule has 0 atom stereocenters. The molecule has 0 unspecified atom stereocenters. The molecule has 0 bridgehead atoms. The van der Waals surface area contributed by atoms with Gasteiger partial charge in [-0.1, -0.05) is 45.5 Å². The number of carbonyl (C=O) groups is 1. The van der Waals surface area contributed by atoms with Gasteiger partial charge in [-0.2, -0.15) is 0 Å². The molecule has 0 saturated carbocycles.